The highest BCUT2D eigenvalue weighted by molar-refractivity contribution is 5.66. The lowest BCUT2D eigenvalue weighted by Gasteiger charge is -2.21. The van der Waals surface area contributed by atoms with Crippen molar-refractivity contribution < 1.29 is 4.74 Å². The maximum absolute atomic E-state index is 6.11. The molecule has 7 heteroatoms. The van der Waals surface area contributed by atoms with Gasteiger partial charge in [0.1, 0.15) is 5.75 Å². The van der Waals surface area contributed by atoms with Crippen molar-refractivity contribution in [2.24, 2.45) is 0 Å². The largest absolute Gasteiger partial charge is 0.438 e. The van der Waals surface area contributed by atoms with Crippen LogP contribution in [0.3, 0.4) is 0 Å². The predicted octanol–water partition coefficient (Wildman–Crippen LogP) is 5.13. The van der Waals surface area contributed by atoms with Gasteiger partial charge in [-0.05, 0) is 54.6 Å². The van der Waals surface area contributed by atoms with Gasteiger partial charge in [-0.2, -0.15) is 0 Å². The van der Waals surface area contributed by atoms with Crippen LogP contribution >= 0.6 is 0 Å². The van der Waals surface area contributed by atoms with E-state index >= 15 is 0 Å². The third kappa shape index (κ3) is 4.09. The van der Waals surface area contributed by atoms with Crippen molar-refractivity contribution in [3.63, 3.8) is 0 Å². The molecular formula is C25H22N6O. The SMILES string of the molecule is CNc1nccc(-c2cccnc2Oc2ccc(N3C=CN(c4ccccc4)C3)cc2)n1. The molecule has 0 unspecified atom stereocenters. The molecule has 0 spiro atoms. The number of nitrogens with zero attached hydrogens (tertiary/aromatic N) is 5. The van der Waals surface area contributed by atoms with Crippen LogP contribution in [0.4, 0.5) is 17.3 Å². The van der Waals surface area contributed by atoms with Crippen molar-refractivity contribution in [1.29, 1.82) is 0 Å². The van der Waals surface area contributed by atoms with Gasteiger partial charge in [-0.25, -0.2) is 15.0 Å². The highest BCUT2D eigenvalue weighted by Crippen LogP contribution is 2.32. The maximum atomic E-state index is 6.11. The minimum atomic E-state index is 0.498. The molecule has 0 fully saturated rings. The molecule has 4 aromatic rings. The molecular weight excluding hydrogens is 400 g/mol. The Hall–Kier alpha value is -4.39. The molecule has 0 saturated heterocycles. The van der Waals surface area contributed by atoms with Crippen molar-refractivity contribution in [1.82, 2.24) is 15.0 Å². The normalized spacial score (nSPS) is 12.8. The summed E-state index contributed by atoms with van der Waals surface area (Å²) in [7, 11) is 1.79. The zero-order valence-corrected chi connectivity index (χ0v) is 17.6. The Bertz CT molecular complexity index is 1230. The Morgan fingerprint density at radius 1 is 0.781 bits per heavy atom. The van der Waals surface area contributed by atoms with Crippen molar-refractivity contribution in [3.8, 4) is 22.9 Å². The molecule has 0 atom stereocenters. The fraction of sp³-hybridized carbons (Fsp3) is 0.0800. The van der Waals surface area contributed by atoms with E-state index in [1.54, 1.807) is 19.4 Å². The third-order valence-electron chi connectivity index (χ3n) is 5.13. The number of rotatable bonds is 6. The van der Waals surface area contributed by atoms with Crippen LogP contribution in [-0.4, -0.2) is 28.7 Å². The lowest BCUT2D eigenvalue weighted by Crippen LogP contribution is -2.24. The summed E-state index contributed by atoms with van der Waals surface area (Å²) in [5.41, 5.74) is 3.80. The Morgan fingerprint density at radius 2 is 1.53 bits per heavy atom. The van der Waals surface area contributed by atoms with E-state index in [0.717, 1.165) is 23.6 Å². The van der Waals surface area contributed by atoms with E-state index in [1.807, 2.05) is 60.7 Å². The topological polar surface area (TPSA) is 66.4 Å². The summed E-state index contributed by atoms with van der Waals surface area (Å²) in [6.45, 7) is 0.760. The molecule has 0 saturated carbocycles. The van der Waals surface area contributed by atoms with Crippen molar-refractivity contribution in [2.75, 3.05) is 28.8 Å². The average Bonchev–Trinajstić information content (AvgIpc) is 3.36. The summed E-state index contributed by atoms with van der Waals surface area (Å²) < 4.78 is 6.11. The van der Waals surface area contributed by atoms with Crippen LogP contribution in [-0.2, 0) is 0 Å². The molecule has 0 bridgehead atoms. The molecule has 5 rings (SSSR count). The zero-order valence-electron chi connectivity index (χ0n) is 17.6. The van der Waals surface area contributed by atoms with E-state index in [1.165, 1.54) is 5.69 Å². The van der Waals surface area contributed by atoms with Gasteiger partial charge in [0.2, 0.25) is 11.8 Å². The van der Waals surface area contributed by atoms with E-state index < -0.39 is 0 Å². The Labute approximate surface area is 186 Å². The third-order valence-corrected chi connectivity index (χ3v) is 5.13. The molecule has 2 aromatic carbocycles. The number of aromatic nitrogens is 3. The number of pyridine rings is 1. The first-order chi connectivity index (χ1) is 15.8. The molecule has 0 radical (unpaired) electrons. The summed E-state index contributed by atoms with van der Waals surface area (Å²) in [5.74, 6) is 1.75. The van der Waals surface area contributed by atoms with Gasteiger partial charge in [0.25, 0.3) is 0 Å². The van der Waals surface area contributed by atoms with Crippen LogP contribution in [0.5, 0.6) is 11.6 Å². The number of hydrogen-bond donors (Lipinski definition) is 1. The average molecular weight is 422 g/mol. The van der Waals surface area contributed by atoms with Crippen LogP contribution < -0.4 is 19.9 Å². The highest BCUT2D eigenvalue weighted by atomic mass is 16.5. The first-order valence-corrected chi connectivity index (χ1v) is 10.3. The molecule has 7 nitrogen and oxygen atoms in total. The highest BCUT2D eigenvalue weighted by Gasteiger charge is 2.16. The Balaban J connectivity index is 1.31. The van der Waals surface area contributed by atoms with E-state index in [2.05, 4.69) is 54.6 Å². The molecule has 0 amide bonds. The van der Waals surface area contributed by atoms with E-state index in [0.29, 0.717) is 17.6 Å². The van der Waals surface area contributed by atoms with Crippen molar-refractivity contribution >= 4 is 17.3 Å². The molecule has 1 N–H and O–H groups in total. The van der Waals surface area contributed by atoms with Gasteiger partial charge in [0.05, 0.1) is 17.9 Å². The first-order valence-electron chi connectivity index (χ1n) is 10.3. The lowest BCUT2D eigenvalue weighted by atomic mass is 10.2. The molecule has 1 aliphatic heterocycles. The van der Waals surface area contributed by atoms with Gasteiger partial charge in [-0.1, -0.05) is 18.2 Å². The molecule has 0 aliphatic carbocycles. The standard InChI is InChI=1S/C25H22N6O/c1-26-25-28-15-13-23(29-25)22-8-5-14-27-24(22)32-21-11-9-20(10-12-21)31-17-16-30(18-31)19-6-3-2-4-7-19/h2-17H,18H2,1H3,(H,26,28,29). The van der Waals surface area contributed by atoms with Crippen molar-refractivity contribution in [3.05, 3.63) is 97.6 Å². The number of para-hydroxylation sites is 1. The number of benzene rings is 2. The molecule has 32 heavy (non-hydrogen) atoms. The monoisotopic (exact) mass is 422 g/mol. The van der Waals surface area contributed by atoms with Gasteiger partial charge < -0.3 is 19.9 Å². The second kappa shape index (κ2) is 8.77. The second-order valence-electron chi connectivity index (χ2n) is 7.18. The van der Waals surface area contributed by atoms with Crippen molar-refractivity contribution in [2.45, 2.75) is 0 Å². The van der Waals surface area contributed by atoms with Crippen LogP contribution in [0.1, 0.15) is 0 Å². The maximum Gasteiger partial charge on any atom is 0.228 e. The minimum Gasteiger partial charge on any atom is -0.438 e. The van der Waals surface area contributed by atoms with Gasteiger partial charge in [-0.3, -0.25) is 0 Å². The minimum absolute atomic E-state index is 0.498. The quantitative estimate of drug-likeness (QED) is 0.462. The van der Waals surface area contributed by atoms with Crippen LogP contribution in [0, 0.1) is 0 Å². The fourth-order valence-electron chi connectivity index (χ4n) is 3.49. The van der Waals surface area contributed by atoms with Gasteiger partial charge in [0, 0.05) is 43.2 Å². The number of anilines is 3. The summed E-state index contributed by atoms with van der Waals surface area (Å²) >= 11 is 0. The lowest BCUT2D eigenvalue weighted by molar-refractivity contribution is 0.465. The van der Waals surface area contributed by atoms with Crippen LogP contribution in [0.25, 0.3) is 11.3 Å². The molecule has 2 aromatic heterocycles. The summed E-state index contributed by atoms with van der Waals surface area (Å²) in [5, 5.41) is 2.96. The fourth-order valence-corrected chi connectivity index (χ4v) is 3.49. The smallest absolute Gasteiger partial charge is 0.228 e. The Kier molecular flexibility index (Phi) is 5.36. The van der Waals surface area contributed by atoms with E-state index in [4.69, 9.17) is 4.74 Å². The number of nitrogens with one attached hydrogen (secondary N) is 1. The van der Waals surface area contributed by atoms with Gasteiger partial charge in [0.15, 0.2) is 0 Å². The molecule has 3 heterocycles. The summed E-state index contributed by atoms with van der Waals surface area (Å²) in [6, 6.07) is 24.0. The van der Waals surface area contributed by atoms with E-state index in [-0.39, 0.29) is 0 Å². The molecule has 158 valence electrons. The van der Waals surface area contributed by atoms with Crippen LogP contribution in [0.15, 0.2) is 97.6 Å². The first kappa shape index (κ1) is 19.6. The summed E-state index contributed by atoms with van der Waals surface area (Å²) in [6.07, 6.45) is 7.58. The van der Waals surface area contributed by atoms with Gasteiger partial charge >= 0.3 is 0 Å². The van der Waals surface area contributed by atoms with Crippen LogP contribution in [0.2, 0.25) is 0 Å². The zero-order chi connectivity index (χ0) is 21.8. The van der Waals surface area contributed by atoms with Gasteiger partial charge in [-0.15, -0.1) is 0 Å². The number of ether oxygens (including phenoxy) is 1. The molecule has 1 aliphatic rings. The number of hydrogen-bond acceptors (Lipinski definition) is 7. The second-order valence-corrected chi connectivity index (χ2v) is 7.18. The predicted molar refractivity (Wildman–Crippen MR) is 127 cm³/mol. The Morgan fingerprint density at radius 3 is 2.28 bits per heavy atom. The summed E-state index contributed by atoms with van der Waals surface area (Å²) in [4.78, 5) is 17.5. The van der Waals surface area contributed by atoms with E-state index in [9.17, 15) is 0 Å².